The van der Waals surface area contributed by atoms with Crippen molar-refractivity contribution >= 4 is 36.8 Å². The lowest BCUT2D eigenvalue weighted by atomic mass is 9.53. The van der Waals surface area contributed by atoms with Gasteiger partial charge in [0.15, 0.2) is 0 Å². The van der Waals surface area contributed by atoms with Crippen molar-refractivity contribution in [1.29, 1.82) is 0 Å². The maximum absolute atomic E-state index is 11.8. The third-order valence-corrected chi connectivity index (χ3v) is 15.5. The van der Waals surface area contributed by atoms with Crippen LogP contribution in [-0.4, -0.2) is 35.9 Å². The summed E-state index contributed by atoms with van der Waals surface area (Å²) >= 11 is 2.09. The first-order valence-corrected chi connectivity index (χ1v) is 18.1. The topological polar surface area (TPSA) is 58.6 Å². The molecule has 5 atom stereocenters. The molecule has 3 aliphatic carbocycles. The number of nitrogens with one attached hydrogen (secondary N) is 1. The predicted octanol–water partition coefficient (Wildman–Crippen LogP) is 6.99. The molecule has 0 heterocycles. The number of amides is 1. The van der Waals surface area contributed by atoms with Crippen LogP contribution >= 0.6 is 22.6 Å². The number of hydrogen-bond acceptors (Lipinski definition) is 3. The molecule has 1 aromatic carbocycles. The fourth-order valence-corrected chi connectivity index (χ4v) is 8.54. The number of fused-ring (bicyclic) bond motifs is 5. The summed E-state index contributed by atoms with van der Waals surface area (Å²) < 4.78 is 7.13. The number of halogens is 1. The van der Waals surface area contributed by atoms with Crippen molar-refractivity contribution in [2.75, 3.05) is 11.0 Å². The second-order valence-corrected chi connectivity index (χ2v) is 18.7. The van der Waals surface area contributed by atoms with E-state index in [0.717, 1.165) is 44.3 Å². The number of benzene rings is 1. The maximum Gasteiger partial charge on any atom is 0.250 e. The van der Waals surface area contributed by atoms with Gasteiger partial charge in [0.2, 0.25) is 14.2 Å². The summed E-state index contributed by atoms with van der Waals surface area (Å²) in [7, 11) is -1.84. The number of hydrogen-bond donors (Lipinski definition) is 2. The molecule has 0 unspecified atom stereocenters. The molecule has 2 fully saturated rings. The average molecular weight is 612 g/mol. The summed E-state index contributed by atoms with van der Waals surface area (Å²) in [6, 6.07) is 6.94. The standard InChI is InChI=1S/C29H46INO3Si/c1-27(2,3)35(5,6)34-21-9-11-22-20(18-21)8-10-24-23(22)12-15-28(4)25(24)13-16-29(28,33)14-7-17-31-26(32)19-30/h9,11,18,23-25,33H,7-8,10,12-17,19H2,1-6H3,(H,31,32)/t23-,24-,25+,28+,29+/m1/s1. The Morgan fingerprint density at radius 3 is 2.66 bits per heavy atom. The van der Waals surface area contributed by atoms with E-state index >= 15 is 0 Å². The van der Waals surface area contributed by atoms with Gasteiger partial charge in [-0.1, -0.05) is 56.4 Å². The van der Waals surface area contributed by atoms with Gasteiger partial charge in [-0.25, -0.2) is 0 Å². The minimum atomic E-state index is -1.84. The van der Waals surface area contributed by atoms with Crippen molar-refractivity contribution in [2.45, 2.75) is 109 Å². The van der Waals surface area contributed by atoms with Crippen LogP contribution in [0.15, 0.2) is 18.2 Å². The van der Waals surface area contributed by atoms with Gasteiger partial charge in [0.1, 0.15) is 5.75 Å². The summed E-state index contributed by atoms with van der Waals surface area (Å²) in [6.45, 7) is 14.6. The quantitative estimate of drug-likeness (QED) is 0.151. The van der Waals surface area contributed by atoms with E-state index in [1.165, 1.54) is 18.4 Å². The molecule has 2 saturated carbocycles. The summed E-state index contributed by atoms with van der Waals surface area (Å²) in [4.78, 5) is 11.6. The molecule has 0 saturated heterocycles. The van der Waals surface area contributed by atoms with Gasteiger partial charge in [0.05, 0.1) is 10.0 Å². The molecule has 0 spiro atoms. The van der Waals surface area contributed by atoms with Crippen LogP contribution in [0.4, 0.5) is 0 Å². The Balaban J connectivity index is 1.46. The molecular weight excluding hydrogens is 565 g/mol. The van der Waals surface area contributed by atoms with Crippen LogP contribution in [0.3, 0.4) is 0 Å². The molecule has 2 N–H and O–H groups in total. The average Bonchev–Trinajstić information content (AvgIpc) is 3.06. The Labute approximate surface area is 227 Å². The van der Waals surface area contributed by atoms with Crippen LogP contribution in [0.2, 0.25) is 18.1 Å². The molecule has 0 aliphatic heterocycles. The molecule has 0 bridgehead atoms. The first-order chi connectivity index (χ1) is 16.3. The summed E-state index contributed by atoms with van der Waals surface area (Å²) in [6.07, 6.45) is 8.30. The van der Waals surface area contributed by atoms with Crippen molar-refractivity contribution in [2.24, 2.45) is 17.3 Å². The van der Waals surface area contributed by atoms with E-state index in [-0.39, 0.29) is 16.4 Å². The van der Waals surface area contributed by atoms with Crippen LogP contribution in [0.25, 0.3) is 0 Å². The Morgan fingerprint density at radius 1 is 1.23 bits per heavy atom. The lowest BCUT2D eigenvalue weighted by Gasteiger charge is -2.53. The highest BCUT2D eigenvalue weighted by atomic mass is 127. The predicted molar refractivity (Wildman–Crippen MR) is 155 cm³/mol. The summed E-state index contributed by atoms with van der Waals surface area (Å²) in [5.74, 6) is 3.02. The molecule has 0 radical (unpaired) electrons. The SMILES string of the molecule is CC(C)(C)[Si](C)(C)Oc1ccc2c(c1)CC[C@@H]1[C@@H]2CC[C@@]2(C)[C@H]1CC[C@@]2(O)CCCNC(=O)CI. The molecule has 1 aromatic rings. The van der Waals surface area contributed by atoms with Crippen molar-refractivity contribution in [3.8, 4) is 5.75 Å². The second kappa shape index (κ2) is 9.94. The highest BCUT2D eigenvalue weighted by molar-refractivity contribution is 14.1. The number of alkyl halides is 1. The van der Waals surface area contributed by atoms with Crippen LogP contribution in [0.5, 0.6) is 5.75 Å². The molecule has 0 aromatic heterocycles. The maximum atomic E-state index is 11.8. The lowest BCUT2D eigenvalue weighted by molar-refractivity contribution is -0.119. The van der Waals surface area contributed by atoms with Gasteiger partial charge in [0.25, 0.3) is 0 Å². The Bertz CT molecular complexity index is 944. The van der Waals surface area contributed by atoms with Crippen LogP contribution in [0.1, 0.15) is 89.7 Å². The third-order valence-electron chi connectivity index (χ3n) is 10.4. The number of aliphatic hydroxyl groups is 1. The van der Waals surface area contributed by atoms with Crippen molar-refractivity contribution in [1.82, 2.24) is 5.32 Å². The zero-order valence-corrected chi connectivity index (χ0v) is 25.8. The van der Waals surface area contributed by atoms with Crippen LogP contribution < -0.4 is 9.74 Å². The molecular formula is C29H46INO3Si. The minimum Gasteiger partial charge on any atom is -0.543 e. The van der Waals surface area contributed by atoms with E-state index in [1.807, 2.05) is 0 Å². The van der Waals surface area contributed by atoms with E-state index in [4.69, 9.17) is 4.43 Å². The zero-order valence-electron chi connectivity index (χ0n) is 22.7. The van der Waals surface area contributed by atoms with E-state index in [2.05, 4.69) is 86.9 Å². The van der Waals surface area contributed by atoms with Gasteiger partial charge in [-0.05, 0) is 116 Å². The van der Waals surface area contributed by atoms with E-state index in [0.29, 0.717) is 28.7 Å². The number of carbonyl (C=O) groups is 1. The monoisotopic (exact) mass is 611 g/mol. The van der Waals surface area contributed by atoms with Gasteiger partial charge >= 0.3 is 0 Å². The molecule has 4 rings (SSSR count). The second-order valence-electron chi connectivity index (χ2n) is 13.3. The molecule has 6 heteroatoms. The molecule has 3 aliphatic rings. The van der Waals surface area contributed by atoms with Gasteiger partial charge in [0, 0.05) is 6.54 Å². The van der Waals surface area contributed by atoms with Crippen LogP contribution in [0, 0.1) is 17.3 Å². The highest BCUT2D eigenvalue weighted by Gasteiger charge is 2.61. The third kappa shape index (κ3) is 5.09. The fourth-order valence-electron chi connectivity index (χ4n) is 7.25. The van der Waals surface area contributed by atoms with Crippen LogP contribution in [-0.2, 0) is 11.2 Å². The largest absolute Gasteiger partial charge is 0.543 e. The van der Waals surface area contributed by atoms with Crippen molar-refractivity contribution in [3.05, 3.63) is 29.3 Å². The summed E-state index contributed by atoms with van der Waals surface area (Å²) in [5, 5.41) is 15.0. The number of carbonyl (C=O) groups excluding carboxylic acids is 1. The van der Waals surface area contributed by atoms with Crippen molar-refractivity contribution in [3.63, 3.8) is 0 Å². The Hall–Kier alpha value is -0.603. The number of rotatable bonds is 7. The van der Waals surface area contributed by atoms with Gasteiger partial charge in [-0.3, -0.25) is 4.79 Å². The molecule has 196 valence electrons. The molecule has 35 heavy (non-hydrogen) atoms. The zero-order chi connectivity index (χ0) is 25.6. The lowest BCUT2D eigenvalue weighted by Crippen LogP contribution is -2.51. The van der Waals surface area contributed by atoms with Gasteiger partial charge in [-0.15, -0.1) is 0 Å². The van der Waals surface area contributed by atoms with E-state index in [1.54, 1.807) is 5.56 Å². The fraction of sp³-hybridized carbons (Fsp3) is 0.759. The first-order valence-electron chi connectivity index (χ1n) is 13.7. The minimum absolute atomic E-state index is 0.00960. The Morgan fingerprint density at radius 2 is 1.97 bits per heavy atom. The number of aryl methyl sites for hydroxylation is 1. The Kier molecular flexibility index (Phi) is 7.79. The highest BCUT2D eigenvalue weighted by Crippen LogP contribution is 2.65. The summed E-state index contributed by atoms with van der Waals surface area (Å²) in [5.41, 5.74) is 2.43. The molecule has 4 nitrogen and oxygen atoms in total. The smallest absolute Gasteiger partial charge is 0.250 e. The van der Waals surface area contributed by atoms with E-state index < -0.39 is 13.9 Å². The first kappa shape index (κ1) is 27.4. The van der Waals surface area contributed by atoms with Gasteiger partial charge < -0.3 is 14.8 Å². The van der Waals surface area contributed by atoms with Gasteiger partial charge in [-0.2, -0.15) is 0 Å². The normalized spacial score (nSPS) is 32.4. The van der Waals surface area contributed by atoms with E-state index in [9.17, 15) is 9.90 Å². The van der Waals surface area contributed by atoms with Crippen molar-refractivity contribution < 1.29 is 14.3 Å². The molecule has 1 amide bonds.